The zero-order valence-corrected chi connectivity index (χ0v) is 10.8. The average molecular weight is 290 g/mol. The van der Waals surface area contributed by atoms with Crippen molar-refractivity contribution in [3.05, 3.63) is 33.9 Å². The van der Waals surface area contributed by atoms with Crippen LogP contribution in [0.15, 0.2) is 23.1 Å². The first kappa shape index (κ1) is 14.3. The molecule has 0 spiro atoms. The van der Waals surface area contributed by atoms with Crippen LogP contribution in [0.5, 0.6) is 0 Å². The maximum absolute atomic E-state index is 11.3. The van der Waals surface area contributed by atoms with Crippen molar-refractivity contribution in [1.82, 2.24) is 0 Å². The molecule has 0 aliphatic rings. The highest BCUT2D eigenvalue weighted by Gasteiger charge is 2.23. The van der Waals surface area contributed by atoms with Crippen LogP contribution in [0, 0.1) is 22.1 Å². The molecule has 0 saturated carbocycles. The highest BCUT2D eigenvalue weighted by atomic mass is 35.7. The minimum absolute atomic E-state index is 0.274. The highest BCUT2D eigenvalue weighted by molar-refractivity contribution is 8.13. The molecular formula is C10H8ClNO5S. The maximum Gasteiger partial charge on any atom is 0.286 e. The third-order valence-corrected chi connectivity index (χ3v) is 3.22. The van der Waals surface area contributed by atoms with Crippen LogP contribution in [0.4, 0.5) is 5.69 Å². The molecule has 0 aliphatic heterocycles. The van der Waals surface area contributed by atoms with Crippen LogP contribution in [-0.2, 0) is 13.8 Å². The molecule has 1 aromatic rings. The van der Waals surface area contributed by atoms with Gasteiger partial charge in [-0.25, -0.2) is 8.42 Å². The molecule has 1 aromatic carbocycles. The van der Waals surface area contributed by atoms with E-state index in [2.05, 4.69) is 12.0 Å². The van der Waals surface area contributed by atoms with E-state index >= 15 is 0 Å². The van der Waals surface area contributed by atoms with Crippen molar-refractivity contribution in [3.8, 4) is 12.0 Å². The summed E-state index contributed by atoms with van der Waals surface area (Å²) < 4.78 is 27.3. The summed E-state index contributed by atoms with van der Waals surface area (Å²) in [4.78, 5) is 9.65. The van der Waals surface area contributed by atoms with Gasteiger partial charge in [-0.15, -0.1) is 0 Å². The third-order valence-electron chi connectivity index (χ3n) is 1.86. The molecule has 0 amide bonds. The van der Waals surface area contributed by atoms with Gasteiger partial charge in [-0.3, -0.25) is 10.1 Å². The summed E-state index contributed by atoms with van der Waals surface area (Å²) in [5.41, 5.74) is -0.727. The zero-order chi connectivity index (χ0) is 13.8. The number of ether oxygens (including phenoxy) is 1. The molecular weight excluding hydrogens is 282 g/mol. The van der Waals surface area contributed by atoms with E-state index in [0.717, 1.165) is 12.1 Å². The fourth-order valence-electron chi connectivity index (χ4n) is 1.16. The molecule has 0 heterocycles. The van der Waals surface area contributed by atoms with Gasteiger partial charge in [0.1, 0.15) is 16.6 Å². The van der Waals surface area contributed by atoms with Gasteiger partial charge in [-0.2, -0.15) is 0 Å². The molecule has 8 heteroatoms. The van der Waals surface area contributed by atoms with Gasteiger partial charge in [0.25, 0.3) is 14.7 Å². The molecule has 0 fully saturated rings. The molecule has 0 unspecified atom stereocenters. The number of benzene rings is 1. The van der Waals surface area contributed by atoms with E-state index < -0.39 is 24.6 Å². The van der Waals surface area contributed by atoms with Crippen LogP contribution in [-0.4, -0.2) is 19.9 Å². The second kappa shape index (κ2) is 5.71. The lowest BCUT2D eigenvalue weighted by Gasteiger charge is -2.01. The second-order valence-electron chi connectivity index (χ2n) is 3.01. The molecule has 0 aromatic heterocycles. The Morgan fingerprint density at radius 2 is 2.17 bits per heavy atom. The molecule has 0 radical (unpaired) electrons. The fraction of sp³-hybridized carbons (Fsp3) is 0.200. The first-order valence-electron chi connectivity index (χ1n) is 4.72. The van der Waals surface area contributed by atoms with Gasteiger partial charge in [-0.1, -0.05) is 6.07 Å². The molecule has 0 N–H and O–H groups in total. The van der Waals surface area contributed by atoms with Crippen molar-refractivity contribution < 1.29 is 18.1 Å². The minimum Gasteiger partial charge on any atom is -0.447 e. The van der Waals surface area contributed by atoms with E-state index in [1.54, 1.807) is 6.92 Å². The van der Waals surface area contributed by atoms with E-state index in [-0.39, 0.29) is 12.2 Å². The molecule has 96 valence electrons. The van der Waals surface area contributed by atoms with E-state index in [1.807, 2.05) is 0 Å². The van der Waals surface area contributed by atoms with Gasteiger partial charge in [0.2, 0.25) is 0 Å². The van der Waals surface area contributed by atoms with Crippen LogP contribution in [0.1, 0.15) is 12.5 Å². The van der Waals surface area contributed by atoms with Crippen molar-refractivity contribution in [1.29, 1.82) is 0 Å². The van der Waals surface area contributed by atoms with Gasteiger partial charge in [0, 0.05) is 16.7 Å². The summed E-state index contributed by atoms with van der Waals surface area (Å²) in [6, 6.07) is 3.51. The Labute approximate surface area is 108 Å². The number of nitro benzene ring substituents is 1. The topological polar surface area (TPSA) is 86.5 Å². The second-order valence-corrected chi connectivity index (χ2v) is 5.54. The Morgan fingerprint density at radius 3 is 2.67 bits per heavy atom. The predicted molar refractivity (Wildman–Crippen MR) is 64.6 cm³/mol. The van der Waals surface area contributed by atoms with Gasteiger partial charge in [-0.05, 0) is 18.9 Å². The first-order chi connectivity index (χ1) is 8.38. The summed E-state index contributed by atoms with van der Waals surface area (Å²) in [6.45, 7) is 1.95. The van der Waals surface area contributed by atoms with E-state index in [0.29, 0.717) is 0 Å². The van der Waals surface area contributed by atoms with Gasteiger partial charge < -0.3 is 4.74 Å². The minimum atomic E-state index is -4.12. The average Bonchev–Trinajstić information content (AvgIpc) is 2.27. The van der Waals surface area contributed by atoms with Crippen molar-refractivity contribution in [3.63, 3.8) is 0 Å². The van der Waals surface area contributed by atoms with E-state index in [4.69, 9.17) is 15.4 Å². The van der Waals surface area contributed by atoms with Gasteiger partial charge >= 0.3 is 0 Å². The highest BCUT2D eigenvalue weighted by Crippen LogP contribution is 2.27. The predicted octanol–water partition coefficient (Wildman–Crippen LogP) is 1.87. The molecule has 0 aliphatic carbocycles. The first-order valence-corrected chi connectivity index (χ1v) is 7.03. The standard InChI is InChI=1S/C10H8ClNO5S/c1-2-17-7-6-8-9(12(13)14)4-3-5-10(8)18(11,15)16/h3-5H,2H2,1H3. The van der Waals surface area contributed by atoms with Crippen LogP contribution < -0.4 is 0 Å². The summed E-state index contributed by atoms with van der Waals surface area (Å²) in [7, 11) is 1.08. The monoisotopic (exact) mass is 289 g/mol. The largest absolute Gasteiger partial charge is 0.447 e. The SMILES string of the molecule is CCOC#Cc1c([N+](=O)[O-])cccc1S(=O)(=O)Cl. The fourth-order valence-corrected chi connectivity index (χ4v) is 2.19. The molecule has 6 nitrogen and oxygen atoms in total. The lowest BCUT2D eigenvalue weighted by molar-refractivity contribution is -0.385. The van der Waals surface area contributed by atoms with Gasteiger partial charge in [0.05, 0.1) is 11.5 Å². The normalized spacial score (nSPS) is 10.3. The lowest BCUT2D eigenvalue weighted by Crippen LogP contribution is -2.00. The van der Waals surface area contributed by atoms with E-state index in [1.165, 1.54) is 6.07 Å². The Balaban J connectivity index is 3.51. The summed E-state index contributed by atoms with van der Waals surface area (Å²) in [6.07, 6.45) is 2.18. The van der Waals surface area contributed by atoms with Crippen molar-refractivity contribution >= 4 is 25.4 Å². The molecule has 1 rings (SSSR count). The molecule has 0 bridgehead atoms. The van der Waals surface area contributed by atoms with Crippen LogP contribution in [0.3, 0.4) is 0 Å². The van der Waals surface area contributed by atoms with Crippen molar-refractivity contribution in [2.75, 3.05) is 6.61 Å². The Hall–Kier alpha value is -1.78. The maximum atomic E-state index is 11.3. The molecule has 18 heavy (non-hydrogen) atoms. The number of rotatable bonds is 3. The summed E-state index contributed by atoms with van der Waals surface area (Å²) in [5.74, 6) is 2.29. The van der Waals surface area contributed by atoms with Crippen LogP contribution in [0.2, 0.25) is 0 Å². The summed E-state index contributed by atoms with van der Waals surface area (Å²) in [5, 5.41) is 10.8. The molecule has 0 saturated heterocycles. The number of nitrogens with zero attached hydrogens (tertiary/aromatic N) is 1. The Bertz CT molecular complexity index is 629. The summed E-state index contributed by atoms with van der Waals surface area (Å²) >= 11 is 0. The number of hydrogen-bond donors (Lipinski definition) is 0. The number of nitro groups is 1. The van der Waals surface area contributed by atoms with Crippen LogP contribution in [0.25, 0.3) is 0 Å². The molecule has 0 atom stereocenters. The quantitative estimate of drug-likeness (QED) is 0.367. The number of halogens is 1. The number of hydrogen-bond acceptors (Lipinski definition) is 5. The van der Waals surface area contributed by atoms with Crippen molar-refractivity contribution in [2.45, 2.75) is 11.8 Å². The van der Waals surface area contributed by atoms with E-state index in [9.17, 15) is 18.5 Å². The Morgan fingerprint density at radius 1 is 1.50 bits per heavy atom. The Kier molecular flexibility index (Phi) is 4.53. The van der Waals surface area contributed by atoms with Crippen LogP contribution >= 0.6 is 10.7 Å². The lowest BCUT2D eigenvalue weighted by atomic mass is 10.2. The van der Waals surface area contributed by atoms with Crippen molar-refractivity contribution in [2.24, 2.45) is 0 Å². The third kappa shape index (κ3) is 3.35. The smallest absolute Gasteiger partial charge is 0.286 e. The van der Waals surface area contributed by atoms with Gasteiger partial charge in [0.15, 0.2) is 0 Å². The zero-order valence-electron chi connectivity index (χ0n) is 9.21.